The van der Waals surface area contributed by atoms with E-state index in [1.165, 1.54) is 16.0 Å². The third-order valence-corrected chi connectivity index (χ3v) is 11.0. The van der Waals surface area contributed by atoms with Gasteiger partial charge >= 0.3 is 6.09 Å². The molecule has 7 N–H and O–H groups in total. The van der Waals surface area contributed by atoms with Crippen LogP contribution in [0.15, 0.2) is 41.4 Å². The van der Waals surface area contributed by atoms with Crippen molar-refractivity contribution in [2.75, 3.05) is 47.4 Å². The first-order chi connectivity index (χ1) is 23.0. The largest absolute Gasteiger partial charge is 1.00 e. The number of ether oxygens (including phenoxy) is 3. The molecular formula is C35H48ClN7O6. The van der Waals surface area contributed by atoms with Gasteiger partial charge in [0.15, 0.2) is 29.3 Å². The number of amides is 2. The van der Waals surface area contributed by atoms with Crippen LogP contribution < -0.4 is 49.1 Å². The zero-order valence-corrected chi connectivity index (χ0v) is 29.2. The molecule has 0 radical (unpaired) electrons. The van der Waals surface area contributed by atoms with Crippen LogP contribution in [0.1, 0.15) is 48.8 Å². The molecule has 6 atom stereocenters. The minimum absolute atomic E-state index is 0. The number of carbonyl (C=O) groups is 3. The Kier molecular flexibility index (Phi) is 10.7. The Morgan fingerprint density at radius 1 is 1.20 bits per heavy atom. The SMILES string of the molecule is COc1ccc2c3c1O[C@H]1C(=O)CC[C@H]4C(C2)[N@@+](C)(Cc2ccc(OC(=O)N(C)CCNC(=O)[C@@H](N)CCCN=C(N)N)cc2)CC[C@]314.[Cl-]. The number of likely N-dealkylation sites (N-methyl/N-ethyl adjacent to an activating group) is 2. The van der Waals surface area contributed by atoms with Gasteiger partial charge in [0.2, 0.25) is 5.91 Å². The molecule has 13 nitrogen and oxygen atoms in total. The normalized spacial score (nSPS) is 26.3. The molecule has 2 aromatic carbocycles. The Hall–Kier alpha value is -4.07. The van der Waals surface area contributed by atoms with Crippen LogP contribution in [-0.2, 0) is 28.0 Å². The molecule has 6 rings (SSSR count). The molecule has 49 heavy (non-hydrogen) atoms. The first-order valence-electron chi connectivity index (χ1n) is 16.8. The van der Waals surface area contributed by atoms with Gasteiger partial charge in [-0.25, -0.2) is 4.79 Å². The zero-order valence-electron chi connectivity index (χ0n) is 28.5. The van der Waals surface area contributed by atoms with Crippen molar-refractivity contribution in [3.05, 3.63) is 53.1 Å². The van der Waals surface area contributed by atoms with Crippen LogP contribution in [0, 0.1) is 5.92 Å². The Morgan fingerprint density at radius 2 is 1.96 bits per heavy atom. The molecule has 0 aromatic heterocycles. The molecule has 4 aliphatic rings. The van der Waals surface area contributed by atoms with Crippen LogP contribution in [0.2, 0.25) is 0 Å². The minimum atomic E-state index is -0.683. The second kappa shape index (κ2) is 14.4. The number of benzene rings is 2. The number of halogens is 1. The van der Waals surface area contributed by atoms with Crippen molar-refractivity contribution in [3.8, 4) is 17.2 Å². The van der Waals surface area contributed by atoms with Crippen LogP contribution >= 0.6 is 0 Å². The Bertz CT molecular complexity index is 1600. The number of carbonyl (C=O) groups excluding carboxylic acids is 3. The number of hydrogen-bond donors (Lipinski definition) is 4. The highest BCUT2D eigenvalue weighted by Crippen LogP contribution is 2.64. The van der Waals surface area contributed by atoms with Gasteiger partial charge in [-0.15, -0.1) is 0 Å². The number of rotatable bonds is 12. The van der Waals surface area contributed by atoms with E-state index in [9.17, 15) is 14.4 Å². The molecular weight excluding hydrogens is 650 g/mol. The topological polar surface area (TPSA) is 185 Å². The predicted molar refractivity (Wildman–Crippen MR) is 180 cm³/mol. The molecule has 14 heteroatoms. The Morgan fingerprint density at radius 3 is 2.67 bits per heavy atom. The maximum atomic E-state index is 13.2. The van der Waals surface area contributed by atoms with E-state index in [-0.39, 0.29) is 48.6 Å². The smallest absolute Gasteiger partial charge is 0.415 e. The number of piperidine rings is 1. The van der Waals surface area contributed by atoms with Crippen molar-refractivity contribution >= 4 is 23.7 Å². The summed E-state index contributed by atoms with van der Waals surface area (Å²) in [5, 5.41) is 2.75. The lowest BCUT2D eigenvalue weighted by Crippen LogP contribution is -3.00. The highest BCUT2D eigenvalue weighted by atomic mass is 35.5. The summed E-state index contributed by atoms with van der Waals surface area (Å²) >= 11 is 0. The first kappa shape index (κ1) is 36.2. The number of nitrogens with one attached hydrogen (secondary N) is 1. The average Bonchev–Trinajstić information content (AvgIpc) is 3.42. The van der Waals surface area contributed by atoms with Crippen LogP contribution in [0.4, 0.5) is 4.79 Å². The molecule has 2 heterocycles. The number of quaternary nitrogens is 1. The van der Waals surface area contributed by atoms with Gasteiger partial charge in [0.25, 0.3) is 0 Å². The predicted octanol–water partition coefficient (Wildman–Crippen LogP) is -1.42. The lowest BCUT2D eigenvalue weighted by Gasteiger charge is -2.60. The molecule has 2 amide bonds. The third-order valence-electron chi connectivity index (χ3n) is 11.0. The maximum Gasteiger partial charge on any atom is 0.415 e. The molecule has 1 unspecified atom stereocenters. The fourth-order valence-corrected chi connectivity index (χ4v) is 8.62. The summed E-state index contributed by atoms with van der Waals surface area (Å²) in [5.74, 6) is 2.23. The molecule has 2 fully saturated rings. The van der Waals surface area contributed by atoms with Gasteiger partial charge in [-0.3, -0.25) is 14.6 Å². The number of hydrogen-bond acceptors (Lipinski definition) is 8. The van der Waals surface area contributed by atoms with Crippen molar-refractivity contribution in [1.82, 2.24) is 10.2 Å². The first-order valence-corrected chi connectivity index (χ1v) is 16.8. The molecule has 2 bridgehead atoms. The van der Waals surface area contributed by atoms with Gasteiger partial charge < -0.3 is 58.5 Å². The van der Waals surface area contributed by atoms with E-state index in [1.54, 1.807) is 14.2 Å². The number of ketones is 1. The molecule has 2 aliphatic heterocycles. The molecule has 2 aromatic rings. The van der Waals surface area contributed by atoms with Crippen LogP contribution in [0.5, 0.6) is 17.2 Å². The summed E-state index contributed by atoms with van der Waals surface area (Å²) in [5.41, 5.74) is 19.9. The maximum absolute atomic E-state index is 13.2. The summed E-state index contributed by atoms with van der Waals surface area (Å²) < 4.78 is 18.6. The van der Waals surface area contributed by atoms with Gasteiger partial charge in [-0.2, -0.15) is 0 Å². The summed E-state index contributed by atoms with van der Waals surface area (Å²) in [7, 11) is 5.62. The van der Waals surface area contributed by atoms with Crippen molar-refractivity contribution in [1.29, 1.82) is 0 Å². The van der Waals surface area contributed by atoms with Gasteiger partial charge in [0.05, 0.1) is 38.2 Å². The van der Waals surface area contributed by atoms with Gasteiger partial charge in [0.1, 0.15) is 12.3 Å². The van der Waals surface area contributed by atoms with Crippen LogP contribution in [0.25, 0.3) is 0 Å². The number of guanidine groups is 1. The molecule has 1 spiro atoms. The Balaban J connectivity index is 0.00000468. The van der Waals surface area contributed by atoms with Gasteiger partial charge in [-0.1, -0.05) is 6.07 Å². The van der Waals surface area contributed by atoms with E-state index in [2.05, 4.69) is 23.4 Å². The molecule has 2 aliphatic carbocycles. The monoisotopic (exact) mass is 697 g/mol. The second-order valence-electron chi connectivity index (χ2n) is 13.9. The lowest BCUT2D eigenvalue weighted by atomic mass is 9.51. The fourth-order valence-electron chi connectivity index (χ4n) is 8.62. The highest BCUT2D eigenvalue weighted by Gasteiger charge is 2.69. The lowest BCUT2D eigenvalue weighted by molar-refractivity contribution is -0.957. The zero-order chi connectivity index (χ0) is 34.2. The van der Waals surface area contributed by atoms with Gasteiger partial charge in [0, 0.05) is 63.0 Å². The van der Waals surface area contributed by atoms with E-state index < -0.39 is 18.2 Å². The van der Waals surface area contributed by atoms with Crippen molar-refractivity contribution in [3.63, 3.8) is 0 Å². The average molecular weight is 698 g/mol. The van der Waals surface area contributed by atoms with Crippen molar-refractivity contribution in [2.24, 2.45) is 28.1 Å². The second-order valence-corrected chi connectivity index (χ2v) is 13.9. The standard InChI is InChI=1S/C35H47N7O6.ClH/c1-41(17-16-39-32(44)25(36)5-4-15-40-33(37)38)34(45)47-23-9-6-21(7-10-23)20-42(2)18-14-35-24-11-12-27(43)31(35)48-30-28(46-3)13-8-22(29(30)35)19-26(24)42;/h6-10,13,24-26,31H,4-5,11-12,14-20,36H2,1-3H3,(H4-,37,38,39,40,44);1H/t24-,25-,26?,31-,35-,42+;/m0./s1. The van der Waals surface area contributed by atoms with E-state index in [1.807, 2.05) is 30.3 Å². The number of aliphatic imine (C=N–C) groups is 1. The summed E-state index contributed by atoms with van der Waals surface area (Å²) in [6, 6.07) is 11.5. The van der Waals surface area contributed by atoms with Crippen LogP contribution in [-0.4, -0.2) is 98.7 Å². The number of nitrogens with zero attached hydrogens (tertiary/aromatic N) is 3. The summed E-state index contributed by atoms with van der Waals surface area (Å²) in [6.45, 7) is 2.68. The number of Topliss-reactive ketones (excluding diaryl/α,β-unsaturated/α-hetero) is 1. The molecule has 266 valence electrons. The number of nitrogens with two attached hydrogens (primary N) is 3. The summed E-state index contributed by atoms with van der Waals surface area (Å²) in [4.78, 5) is 43.5. The highest BCUT2D eigenvalue weighted by molar-refractivity contribution is 5.89. The minimum Gasteiger partial charge on any atom is -1.00 e. The van der Waals surface area contributed by atoms with E-state index in [0.717, 1.165) is 53.9 Å². The van der Waals surface area contributed by atoms with Gasteiger partial charge in [-0.05, 0) is 55.2 Å². The Labute approximate surface area is 293 Å². The third kappa shape index (κ3) is 6.75. The van der Waals surface area contributed by atoms with E-state index in [4.69, 9.17) is 31.4 Å². The molecule has 1 saturated heterocycles. The van der Waals surface area contributed by atoms with Crippen molar-refractivity contribution < 1.29 is 45.5 Å². The number of likely N-dealkylation sites (tertiary alicyclic amines) is 1. The van der Waals surface area contributed by atoms with Crippen molar-refractivity contribution in [2.45, 2.75) is 68.7 Å². The summed E-state index contributed by atoms with van der Waals surface area (Å²) in [6.07, 6.45) is 3.35. The molecule has 1 saturated carbocycles. The van der Waals surface area contributed by atoms with Crippen LogP contribution in [0.3, 0.4) is 0 Å². The van der Waals surface area contributed by atoms with E-state index in [0.29, 0.717) is 43.5 Å². The number of methoxy groups -OCH3 is 1. The fraction of sp³-hybridized carbons (Fsp3) is 0.543. The quantitative estimate of drug-likeness (QED) is 0.0895. The van der Waals surface area contributed by atoms with E-state index >= 15 is 0 Å².